The van der Waals surface area contributed by atoms with E-state index in [1.165, 1.54) is 27.7 Å². The molecule has 0 saturated carbocycles. The number of esters is 1. The van der Waals surface area contributed by atoms with E-state index in [9.17, 15) is 24.0 Å². The fraction of sp³-hybridized carbons (Fsp3) is 0.609. The van der Waals surface area contributed by atoms with Crippen LogP contribution in [0.5, 0.6) is 0 Å². The summed E-state index contributed by atoms with van der Waals surface area (Å²) in [5.74, 6) is -2.75. The van der Waals surface area contributed by atoms with Crippen LogP contribution in [0.4, 0.5) is 0 Å². The third-order valence-electron chi connectivity index (χ3n) is 5.38. The van der Waals surface area contributed by atoms with Gasteiger partial charge in [0.2, 0.25) is 17.7 Å². The summed E-state index contributed by atoms with van der Waals surface area (Å²) in [6.07, 6.45) is 3.76. The van der Waals surface area contributed by atoms with Gasteiger partial charge in [-0.2, -0.15) is 0 Å². The minimum atomic E-state index is -1.00. The predicted molar refractivity (Wildman–Crippen MR) is 136 cm³/mol. The Bertz CT molecular complexity index is 889. The molecule has 0 aromatic rings. The van der Waals surface area contributed by atoms with E-state index in [-0.39, 0.29) is 29.7 Å². The van der Waals surface area contributed by atoms with Crippen LogP contribution < -0.4 is 21.3 Å². The van der Waals surface area contributed by atoms with Crippen molar-refractivity contribution in [2.24, 2.45) is 11.8 Å². The fourth-order valence-electron chi connectivity index (χ4n) is 3.37. The Morgan fingerprint density at radius 3 is 2.26 bits per heavy atom. The Hall–Kier alpha value is -2.47. The van der Waals surface area contributed by atoms with Crippen molar-refractivity contribution in [3.05, 3.63) is 23.9 Å². The average Bonchev–Trinajstić information content (AvgIpc) is 2.78. The van der Waals surface area contributed by atoms with Crippen LogP contribution in [0, 0.1) is 11.8 Å². The molecule has 10 nitrogen and oxygen atoms in total. The zero-order valence-electron chi connectivity index (χ0n) is 20.6. The first-order valence-corrected chi connectivity index (χ1v) is 14.0. The van der Waals surface area contributed by atoms with E-state index in [1.807, 2.05) is 0 Å². The summed E-state index contributed by atoms with van der Waals surface area (Å²) < 4.78 is 5.62. The molecule has 0 radical (unpaired) electrons. The lowest BCUT2D eigenvalue weighted by atomic mass is 10.0. The number of fused-ring (bicyclic) bond motifs is 16. The van der Waals surface area contributed by atoms with Gasteiger partial charge in [-0.05, 0) is 24.8 Å². The van der Waals surface area contributed by atoms with Crippen molar-refractivity contribution in [2.75, 3.05) is 11.5 Å². The molecule has 3 rings (SSSR count). The second kappa shape index (κ2) is 13.6. The highest BCUT2D eigenvalue weighted by molar-refractivity contribution is 8.76. The molecule has 35 heavy (non-hydrogen) atoms. The second-order valence-corrected chi connectivity index (χ2v) is 11.5. The molecule has 3 aliphatic rings. The first kappa shape index (κ1) is 28.8. The van der Waals surface area contributed by atoms with Gasteiger partial charge in [0.15, 0.2) is 0 Å². The van der Waals surface area contributed by atoms with Crippen LogP contribution in [0.25, 0.3) is 0 Å². The Morgan fingerprint density at radius 2 is 1.63 bits per heavy atom. The summed E-state index contributed by atoms with van der Waals surface area (Å²) in [6.45, 7) is 8.64. The van der Waals surface area contributed by atoms with Crippen molar-refractivity contribution in [2.45, 2.75) is 65.3 Å². The summed E-state index contributed by atoms with van der Waals surface area (Å²) in [5.41, 5.74) is -0.0466. The second-order valence-electron chi connectivity index (χ2n) is 8.91. The molecular formula is C23H34N4O6S2. The monoisotopic (exact) mass is 526 g/mol. The lowest BCUT2D eigenvalue weighted by Gasteiger charge is -2.28. The molecule has 0 spiro atoms. The van der Waals surface area contributed by atoms with Gasteiger partial charge in [0, 0.05) is 11.5 Å². The van der Waals surface area contributed by atoms with Crippen LogP contribution in [0.15, 0.2) is 23.9 Å². The lowest BCUT2D eigenvalue weighted by Crippen LogP contribution is -2.57. The van der Waals surface area contributed by atoms with Crippen molar-refractivity contribution >= 4 is 51.2 Å². The number of amides is 4. The van der Waals surface area contributed by atoms with E-state index in [2.05, 4.69) is 21.3 Å². The highest BCUT2D eigenvalue weighted by atomic mass is 33.1. The van der Waals surface area contributed by atoms with E-state index >= 15 is 0 Å². The summed E-state index contributed by atoms with van der Waals surface area (Å²) in [6, 6.07) is -2.86. The maximum absolute atomic E-state index is 13.1. The molecule has 2 bridgehead atoms. The van der Waals surface area contributed by atoms with Crippen LogP contribution in [0.2, 0.25) is 0 Å². The standard InChI is InChI=1S/C23H34N4O6S2/c1-6-15-20(29)27-19(13(4)5)23(32)33-14-8-7-9-34-35-11-16(21(30)24-15)25-22(31)18(12(2)3)26-17(28)10-14/h6-8,12-14,16,18-19H,9-11H2,1-5H3,(H,24,30)(H,25,31)(H,26,28)(H,27,29)/t14-,16-,18?,19+/m1/s1. The normalized spacial score (nSPS) is 28.9. The molecule has 3 heterocycles. The van der Waals surface area contributed by atoms with Crippen LogP contribution >= 0.6 is 21.6 Å². The van der Waals surface area contributed by atoms with E-state index in [0.29, 0.717) is 5.75 Å². The molecule has 194 valence electrons. The highest BCUT2D eigenvalue weighted by Crippen LogP contribution is 2.23. The summed E-state index contributed by atoms with van der Waals surface area (Å²) in [5, 5.41) is 10.6. The molecule has 4 amide bonds. The minimum absolute atomic E-state index is 0.0466. The van der Waals surface area contributed by atoms with Crippen molar-refractivity contribution in [3.8, 4) is 0 Å². The molecule has 3 aliphatic heterocycles. The van der Waals surface area contributed by atoms with Gasteiger partial charge in [-0.25, -0.2) is 4.79 Å². The van der Waals surface area contributed by atoms with Crippen molar-refractivity contribution in [1.29, 1.82) is 0 Å². The van der Waals surface area contributed by atoms with Gasteiger partial charge in [0.1, 0.15) is 29.9 Å². The molecular weight excluding hydrogens is 492 g/mol. The maximum atomic E-state index is 13.1. The van der Waals surface area contributed by atoms with Crippen LogP contribution in [-0.2, 0) is 28.7 Å². The average molecular weight is 527 g/mol. The zero-order chi connectivity index (χ0) is 26.1. The Labute approximate surface area is 213 Å². The zero-order valence-corrected chi connectivity index (χ0v) is 22.2. The number of carbonyl (C=O) groups excluding carboxylic acids is 5. The van der Waals surface area contributed by atoms with Gasteiger partial charge in [-0.15, -0.1) is 0 Å². The van der Waals surface area contributed by atoms with Gasteiger partial charge in [0.25, 0.3) is 5.91 Å². The first-order valence-electron chi connectivity index (χ1n) is 11.5. The number of carbonyl (C=O) groups is 5. The third kappa shape index (κ3) is 8.60. The van der Waals surface area contributed by atoms with Gasteiger partial charge >= 0.3 is 5.97 Å². The number of allylic oxidation sites excluding steroid dienone is 1. The van der Waals surface area contributed by atoms with Gasteiger partial charge < -0.3 is 26.0 Å². The number of rotatable bonds is 2. The topological polar surface area (TPSA) is 143 Å². The molecule has 0 aliphatic carbocycles. The van der Waals surface area contributed by atoms with Gasteiger partial charge in [0.05, 0.1) is 6.42 Å². The van der Waals surface area contributed by atoms with Gasteiger partial charge in [-0.3, -0.25) is 19.2 Å². The fourth-order valence-corrected chi connectivity index (χ4v) is 5.35. The summed E-state index contributed by atoms with van der Waals surface area (Å²) >= 11 is 0. The molecule has 1 unspecified atom stereocenters. The lowest BCUT2D eigenvalue weighted by molar-refractivity contribution is -0.153. The Kier molecular flexibility index (Phi) is 11.2. The smallest absolute Gasteiger partial charge is 0.329 e. The van der Waals surface area contributed by atoms with E-state index in [1.54, 1.807) is 46.8 Å². The van der Waals surface area contributed by atoms with Crippen molar-refractivity contribution in [1.82, 2.24) is 21.3 Å². The maximum Gasteiger partial charge on any atom is 0.329 e. The van der Waals surface area contributed by atoms with E-state index in [0.717, 1.165) is 0 Å². The molecule has 1 fully saturated rings. The SMILES string of the molecule is CC=C1NC(=O)[C@H]2CSSCC=C[C@H](CC(=O)NC(C(C)C)C(=O)N2)OC(=O)[C@H](C(C)C)NC1=O. The molecule has 1 saturated heterocycles. The van der Waals surface area contributed by atoms with Crippen LogP contribution in [0.1, 0.15) is 41.0 Å². The van der Waals surface area contributed by atoms with E-state index in [4.69, 9.17) is 4.74 Å². The number of hydrogen-bond donors (Lipinski definition) is 4. The largest absolute Gasteiger partial charge is 0.456 e. The highest BCUT2D eigenvalue weighted by Gasteiger charge is 2.33. The summed E-state index contributed by atoms with van der Waals surface area (Å²) in [4.78, 5) is 64.9. The molecule has 12 heteroatoms. The third-order valence-corrected chi connectivity index (χ3v) is 7.67. The molecule has 0 aromatic carbocycles. The predicted octanol–water partition coefficient (Wildman–Crippen LogP) is 1.04. The number of ether oxygens (including phenoxy) is 1. The molecule has 4 N–H and O–H groups in total. The quantitative estimate of drug-likeness (QED) is 0.137. The minimum Gasteiger partial charge on any atom is -0.456 e. The number of hydrogen-bond acceptors (Lipinski definition) is 8. The first-order chi connectivity index (χ1) is 16.5. The van der Waals surface area contributed by atoms with Crippen LogP contribution in [0.3, 0.4) is 0 Å². The van der Waals surface area contributed by atoms with Crippen molar-refractivity contribution < 1.29 is 28.7 Å². The van der Waals surface area contributed by atoms with E-state index < -0.39 is 53.8 Å². The molecule has 4 atom stereocenters. The van der Waals surface area contributed by atoms with Gasteiger partial charge in [-0.1, -0.05) is 61.4 Å². The number of nitrogens with one attached hydrogen (secondary N) is 4. The molecule has 0 aromatic heterocycles. The van der Waals surface area contributed by atoms with Crippen molar-refractivity contribution in [3.63, 3.8) is 0 Å². The van der Waals surface area contributed by atoms with Crippen LogP contribution in [-0.4, -0.2) is 65.3 Å². The summed E-state index contributed by atoms with van der Waals surface area (Å²) in [7, 11) is 2.82. The Morgan fingerprint density at radius 1 is 0.943 bits per heavy atom. The Balaban J connectivity index is 2.55.